The number of rotatable bonds is 3. The summed E-state index contributed by atoms with van der Waals surface area (Å²) in [6.45, 7) is 0. The summed E-state index contributed by atoms with van der Waals surface area (Å²) in [5, 5.41) is 9.93. The zero-order valence-corrected chi connectivity index (χ0v) is 10.9. The molecule has 1 aromatic heterocycles. The first kappa shape index (κ1) is 12.8. The highest BCUT2D eigenvalue weighted by Gasteiger charge is 2.16. The van der Waals surface area contributed by atoms with Crippen LogP contribution in [0.5, 0.6) is 5.75 Å². The van der Waals surface area contributed by atoms with Crippen LogP contribution >= 0.6 is 23.2 Å². The van der Waals surface area contributed by atoms with Gasteiger partial charge in [0.05, 0.1) is 17.8 Å². The lowest BCUT2D eigenvalue weighted by Gasteiger charge is -2.11. The molecular weight excluding hydrogens is 277 g/mol. The van der Waals surface area contributed by atoms with E-state index in [2.05, 4.69) is 0 Å². The van der Waals surface area contributed by atoms with Crippen LogP contribution in [0, 0.1) is 0 Å². The van der Waals surface area contributed by atoms with Crippen molar-refractivity contribution in [3.8, 4) is 11.4 Å². The third-order valence-corrected chi connectivity index (χ3v) is 2.85. The molecule has 0 bridgehead atoms. The number of halogens is 2. The van der Waals surface area contributed by atoms with Crippen LogP contribution in [-0.2, 0) is 0 Å². The summed E-state index contributed by atoms with van der Waals surface area (Å²) < 4.78 is 6.61. The molecular formula is C12H9Cl2NO3. The van der Waals surface area contributed by atoms with Crippen LogP contribution in [0.1, 0.15) is 10.5 Å². The molecule has 0 atom stereocenters. The molecule has 1 aromatic carbocycles. The van der Waals surface area contributed by atoms with Gasteiger partial charge in [0.2, 0.25) is 0 Å². The summed E-state index contributed by atoms with van der Waals surface area (Å²) in [6.07, 6.45) is 1.50. The highest BCUT2D eigenvalue weighted by Crippen LogP contribution is 2.29. The third kappa shape index (κ3) is 2.30. The number of aromatic nitrogens is 1. The molecule has 2 aromatic rings. The van der Waals surface area contributed by atoms with Crippen LogP contribution < -0.4 is 4.74 Å². The highest BCUT2D eigenvalue weighted by atomic mass is 35.5. The Labute approximate surface area is 113 Å². The number of carboxylic acid groups (broad SMARTS) is 1. The van der Waals surface area contributed by atoms with Gasteiger partial charge in [0, 0.05) is 11.2 Å². The fourth-order valence-electron chi connectivity index (χ4n) is 1.65. The lowest BCUT2D eigenvalue weighted by molar-refractivity contribution is 0.0688. The van der Waals surface area contributed by atoms with Crippen molar-refractivity contribution in [2.75, 3.05) is 7.11 Å². The van der Waals surface area contributed by atoms with E-state index < -0.39 is 5.97 Å². The normalized spacial score (nSPS) is 10.4. The largest absolute Gasteiger partial charge is 0.495 e. The molecule has 0 fully saturated rings. The summed E-state index contributed by atoms with van der Waals surface area (Å²) in [7, 11) is 1.50. The van der Waals surface area contributed by atoms with Crippen molar-refractivity contribution in [2.45, 2.75) is 0 Å². The van der Waals surface area contributed by atoms with Gasteiger partial charge < -0.3 is 14.4 Å². The predicted octanol–water partition coefficient (Wildman–Crippen LogP) is 3.49. The zero-order chi connectivity index (χ0) is 13.3. The van der Waals surface area contributed by atoms with Gasteiger partial charge in [0.25, 0.3) is 0 Å². The van der Waals surface area contributed by atoms with Crippen molar-refractivity contribution >= 4 is 29.2 Å². The molecule has 0 saturated heterocycles. The van der Waals surface area contributed by atoms with E-state index in [4.69, 9.17) is 33.0 Å². The van der Waals surface area contributed by atoms with Crippen molar-refractivity contribution in [3.63, 3.8) is 0 Å². The third-order valence-electron chi connectivity index (χ3n) is 2.41. The average Bonchev–Trinajstić information content (AvgIpc) is 2.71. The van der Waals surface area contributed by atoms with Crippen LogP contribution in [0.4, 0.5) is 0 Å². The number of hydrogen-bond acceptors (Lipinski definition) is 2. The van der Waals surface area contributed by atoms with Crippen LogP contribution in [0.3, 0.4) is 0 Å². The summed E-state index contributed by atoms with van der Waals surface area (Å²) in [6, 6.07) is 6.31. The van der Waals surface area contributed by atoms with Gasteiger partial charge in [-0.05, 0) is 24.3 Å². The number of hydrogen-bond donors (Lipinski definition) is 1. The van der Waals surface area contributed by atoms with Gasteiger partial charge in [-0.15, -0.1) is 0 Å². The van der Waals surface area contributed by atoms with E-state index in [0.717, 1.165) is 0 Å². The molecule has 0 spiro atoms. The molecule has 0 unspecified atom stereocenters. The molecule has 1 N–H and O–H groups in total. The zero-order valence-electron chi connectivity index (χ0n) is 9.35. The van der Waals surface area contributed by atoms with Crippen LogP contribution in [-0.4, -0.2) is 22.8 Å². The summed E-state index contributed by atoms with van der Waals surface area (Å²) in [4.78, 5) is 11.1. The van der Waals surface area contributed by atoms with Gasteiger partial charge in [-0.1, -0.05) is 23.2 Å². The Morgan fingerprint density at radius 3 is 2.61 bits per heavy atom. The van der Waals surface area contributed by atoms with E-state index in [1.165, 1.54) is 23.9 Å². The van der Waals surface area contributed by atoms with E-state index >= 15 is 0 Å². The van der Waals surface area contributed by atoms with Gasteiger partial charge in [-0.3, -0.25) is 0 Å². The van der Waals surface area contributed by atoms with Gasteiger partial charge in [-0.2, -0.15) is 0 Å². The maximum Gasteiger partial charge on any atom is 0.352 e. The molecule has 2 rings (SSSR count). The molecule has 0 aliphatic heterocycles. The lowest BCUT2D eigenvalue weighted by atomic mass is 10.2. The fraction of sp³-hybridized carbons (Fsp3) is 0.0833. The Bertz CT molecular complexity index is 607. The number of aromatic carboxylic acids is 1. The topological polar surface area (TPSA) is 51.5 Å². The van der Waals surface area contributed by atoms with Crippen LogP contribution in [0.15, 0.2) is 30.5 Å². The lowest BCUT2D eigenvalue weighted by Crippen LogP contribution is -2.06. The van der Waals surface area contributed by atoms with Gasteiger partial charge in [-0.25, -0.2) is 4.79 Å². The van der Waals surface area contributed by atoms with E-state index in [0.29, 0.717) is 21.5 Å². The molecule has 0 radical (unpaired) electrons. The van der Waals surface area contributed by atoms with Crippen molar-refractivity contribution in [3.05, 3.63) is 46.2 Å². The van der Waals surface area contributed by atoms with Crippen LogP contribution in [0.2, 0.25) is 10.0 Å². The first-order chi connectivity index (χ1) is 8.52. The Kier molecular flexibility index (Phi) is 3.50. The van der Waals surface area contributed by atoms with Crippen LogP contribution in [0.25, 0.3) is 5.69 Å². The van der Waals surface area contributed by atoms with Crippen molar-refractivity contribution < 1.29 is 14.6 Å². The Morgan fingerprint density at radius 2 is 2.00 bits per heavy atom. The monoisotopic (exact) mass is 285 g/mol. The van der Waals surface area contributed by atoms with Gasteiger partial charge in [0.1, 0.15) is 11.4 Å². The average molecular weight is 286 g/mol. The van der Waals surface area contributed by atoms with E-state index in [9.17, 15) is 4.79 Å². The minimum Gasteiger partial charge on any atom is -0.495 e. The number of carbonyl (C=O) groups is 1. The second-order valence-corrected chi connectivity index (χ2v) is 4.41. The molecule has 6 heteroatoms. The highest BCUT2D eigenvalue weighted by molar-refractivity contribution is 6.31. The number of carboxylic acids is 1. The number of benzene rings is 1. The Hall–Kier alpha value is -1.65. The maximum absolute atomic E-state index is 11.1. The summed E-state index contributed by atoms with van der Waals surface area (Å²) >= 11 is 11.7. The Balaban J connectivity index is 2.68. The standard InChI is InChI=1S/C12H9Cl2NO3/c1-18-11-3-2-7(13)4-9(11)15-6-8(14)5-10(15)12(16)17/h2-6H,1H3,(H,16,17). The Morgan fingerprint density at radius 1 is 1.28 bits per heavy atom. The van der Waals surface area contributed by atoms with E-state index in [-0.39, 0.29) is 5.69 Å². The number of nitrogens with zero attached hydrogens (tertiary/aromatic N) is 1. The van der Waals surface area contributed by atoms with Crippen molar-refractivity contribution in [1.29, 1.82) is 0 Å². The minimum absolute atomic E-state index is 0.0422. The summed E-state index contributed by atoms with van der Waals surface area (Å²) in [5.41, 5.74) is 0.565. The quantitative estimate of drug-likeness (QED) is 0.939. The number of methoxy groups -OCH3 is 1. The molecule has 18 heavy (non-hydrogen) atoms. The molecule has 4 nitrogen and oxygen atoms in total. The molecule has 0 aliphatic rings. The molecule has 0 amide bonds. The SMILES string of the molecule is COc1ccc(Cl)cc1-n1cc(Cl)cc1C(=O)O. The fourth-order valence-corrected chi connectivity index (χ4v) is 2.01. The van der Waals surface area contributed by atoms with Crippen molar-refractivity contribution in [2.24, 2.45) is 0 Å². The molecule has 0 aliphatic carbocycles. The first-order valence-electron chi connectivity index (χ1n) is 4.98. The van der Waals surface area contributed by atoms with E-state index in [1.807, 2.05) is 0 Å². The smallest absolute Gasteiger partial charge is 0.352 e. The first-order valence-corrected chi connectivity index (χ1v) is 5.73. The molecule has 94 valence electrons. The van der Waals surface area contributed by atoms with Crippen molar-refractivity contribution in [1.82, 2.24) is 4.57 Å². The predicted molar refractivity (Wildman–Crippen MR) is 69.3 cm³/mol. The molecule has 0 saturated carbocycles. The number of ether oxygens (including phenoxy) is 1. The molecule has 1 heterocycles. The summed E-state index contributed by atoms with van der Waals surface area (Å²) in [5.74, 6) is -0.571. The maximum atomic E-state index is 11.1. The second-order valence-electron chi connectivity index (χ2n) is 3.53. The second kappa shape index (κ2) is 4.92. The van der Waals surface area contributed by atoms with Gasteiger partial charge >= 0.3 is 5.97 Å². The van der Waals surface area contributed by atoms with Gasteiger partial charge in [0.15, 0.2) is 0 Å². The minimum atomic E-state index is -1.08. The van der Waals surface area contributed by atoms with E-state index in [1.54, 1.807) is 18.2 Å².